The van der Waals surface area contributed by atoms with E-state index < -0.39 is 0 Å². The van der Waals surface area contributed by atoms with Crippen molar-refractivity contribution in [2.24, 2.45) is 0 Å². The molecule has 0 saturated carbocycles. The molecule has 3 aliphatic heterocycles. The van der Waals surface area contributed by atoms with Gasteiger partial charge in [0, 0.05) is 23.5 Å². The Kier molecular flexibility index (Phi) is 4.43. The van der Waals surface area contributed by atoms with Crippen LogP contribution in [-0.2, 0) is 16.0 Å². The van der Waals surface area contributed by atoms with E-state index in [0.717, 1.165) is 32.4 Å². The van der Waals surface area contributed by atoms with Gasteiger partial charge in [-0.05, 0) is 62.7 Å². The zero-order valence-corrected chi connectivity index (χ0v) is 14.7. The highest BCUT2D eigenvalue weighted by molar-refractivity contribution is 7.10. The van der Waals surface area contributed by atoms with E-state index in [1.807, 2.05) is 0 Å². The van der Waals surface area contributed by atoms with Crippen LogP contribution < -0.4 is 0 Å². The number of likely N-dealkylation sites (N-methyl/N-ethyl adjacent to an activating group) is 1. The predicted octanol–water partition coefficient (Wildman–Crippen LogP) is 2.84. The van der Waals surface area contributed by atoms with Crippen LogP contribution in [0.4, 0.5) is 0 Å². The van der Waals surface area contributed by atoms with Crippen LogP contribution in [0, 0.1) is 0 Å². The summed E-state index contributed by atoms with van der Waals surface area (Å²) in [6.45, 7) is 2.85. The molecule has 1 aromatic heterocycles. The van der Waals surface area contributed by atoms with E-state index in [0.29, 0.717) is 24.4 Å². The van der Waals surface area contributed by atoms with Gasteiger partial charge in [0.2, 0.25) is 5.91 Å². The zero-order chi connectivity index (χ0) is 15.8. The molecule has 0 aromatic carbocycles. The second kappa shape index (κ2) is 6.54. The minimum Gasteiger partial charge on any atom is -0.372 e. The third kappa shape index (κ3) is 2.94. The molecule has 0 radical (unpaired) electrons. The summed E-state index contributed by atoms with van der Waals surface area (Å²) in [4.78, 5) is 18.8. The number of hydrogen-bond donors (Lipinski definition) is 0. The molecule has 4 rings (SSSR count). The van der Waals surface area contributed by atoms with E-state index >= 15 is 0 Å². The van der Waals surface area contributed by atoms with Crippen LogP contribution in [0.15, 0.2) is 11.4 Å². The molecule has 3 atom stereocenters. The Morgan fingerprint density at radius 1 is 1.30 bits per heavy atom. The molecule has 4 heterocycles. The largest absolute Gasteiger partial charge is 0.372 e. The van der Waals surface area contributed by atoms with Crippen LogP contribution in [-0.4, -0.2) is 54.5 Å². The molecule has 5 heteroatoms. The van der Waals surface area contributed by atoms with E-state index in [1.165, 1.54) is 29.8 Å². The fourth-order valence-electron chi connectivity index (χ4n) is 4.58. The monoisotopic (exact) mass is 334 g/mol. The van der Waals surface area contributed by atoms with Crippen molar-refractivity contribution in [2.45, 2.75) is 56.7 Å². The Hall–Kier alpha value is -0.910. The van der Waals surface area contributed by atoms with Gasteiger partial charge in [-0.2, -0.15) is 0 Å². The number of likely N-dealkylation sites (tertiary alicyclic amines) is 2. The highest BCUT2D eigenvalue weighted by Crippen LogP contribution is 2.36. The predicted molar refractivity (Wildman–Crippen MR) is 91.7 cm³/mol. The van der Waals surface area contributed by atoms with E-state index in [-0.39, 0.29) is 6.10 Å². The number of rotatable bonds is 3. The smallest absolute Gasteiger partial charge is 0.225 e. The molecular formula is C18H26N2O2S. The summed E-state index contributed by atoms with van der Waals surface area (Å²) < 4.78 is 5.93. The summed E-state index contributed by atoms with van der Waals surface area (Å²) in [6.07, 6.45) is 6.30. The molecule has 4 nitrogen and oxygen atoms in total. The molecule has 3 unspecified atom stereocenters. The molecule has 1 aromatic rings. The minimum absolute atomic E-state index is 0.0196. The maximum Gasteiger partial charge on any atom is 0.225 e. The number of fused-ring (bicyclic) bond motifs is 1. The lowest BCUT2D eigenvalue weighted by Gasteiger charge is -2.34. The molecule has 1 amide bonds. The molecule has 126 valence electrons. The number of carbonyl (C=O) groups is 1. The van der Waals surface area contributed by atoms with Crippen molar-refractivity contribution in [3.05, 3.63) is 21.9 Å². The topological polar surface area (TPSA) is 32.8 Å². The van der Waals surface area contributed by atoms with Crippen LogP contribution in [0.2, 0.25) is 0 Å². The van der Waals surface area contributed by atoms with Crippen molar-refractivity contribution in [3.63, 3.8) is 0 Å². The Bertz CT molecular complexity index is 573. The first-order valence-corrected chi connectivity index (χ1v) is 9.79. The van der Waals surface area contributed by atoms with E-state index in [4.69, 9.17) is 4.74 Å². The molecule has 2 fully saturated rings. The first kappa shape index (κ1) is 15.6. The molecule has 2 saturated heterocycles. The van der Waals surface area contributed by atoms with E-state index in [1.54, 1.807) is 11.3 Å². The van der Waals surface area contributed by atoms with Gasteiger partial charge < -0.3 is 14.5 Å². The molecule has 0 bridgehead atoms. The normalized spacial score (nSPS) is 31.5. The van der Waals surface area contributed by atoms with E-state index in [9.17, 15) is 4.79 Å². The number of amides is 1. The lowest BCUT2D eigenvalue weighted by Crippen LogP contribution is -2.47. The van der Waals surface area contributed by atoms with Crippen molar-refractivity contribution in [3.8, 4) is 0 Å². The average molecular weight is 334 g/mol. The summed E-state index contributed by atoms with van der Waals surface area (Å²) in [6, 6.07) is 3.17. The Morgan fingerprint density at radius 2 is 2.13 bits per heavy atom. The molecule has 3 aliphatic rings. The molecule has 0 spiro atoms. The zero-order valence-electron chi connectivity index (χ0n) is 13.9. The first-order chi connectivity index (χ1) is 11.2. The standard InChI is InChI=1S/C18H26N2O2S/c1-19-8-2-4-14(19)15-5-3-9-20(15)17(21)12-16-18-13(6-10-22-16)7-11-23-18/h7,11,14-16H,2-6,8-10,12H2,1H3. The van der Waals surface area contributed by atoms with Gasteiger partial charge in [-0.1, -0.05) is 0 Å². The lowest BCUT2D eigenvalue weighted by atomic mass is 10.0. The van der Waals surface area contributed by atoms with Gasteiger partial charge >= 0.3 is 0 Å². The number of hydrogen-bond acceptors (Lipinski definition) is 4. The Balaban J connectivity index is 1.45. The number of ether oxygens (including phenoxy) is 1. The van der Waals surface area contributed by atoms with Crippen LogP contribution in [0.25, 0.3) is 0 Å². The van der Waals surface area contributed by atoms with Crippen molar-refractivity contribution < 1.29 is 9.53 Å². The summed E-state index contributed by atoms with van der Waals surface area (Å²) >= 11 is 1.74. The van der Waals surface area contributed by atoms with Gasteiger partial charge in [0.25, 0.3) is 0 Å². The summed E-state index contributed by atoms with van der Waals surface area (Å²) in [5, 5.41) is 2.13. The summed E-state index contributed by atoms with van der Waals surface area (Å²) in [5.74, 6) is 0.291. The average Bonchev–Trinajstić information content (AvgIpc) is 3.26. The summed E-state index contributed by atoms with van der Waals surface area (Å²) in [5.41, 5.74) is 1.38. The van der Waals surface area contributed by atoms with Crippen LogP contribution in [0.5, 0.6) is 0 Å². The highest BCUT2D eigenvalue weighted by atomic mass is 32.1. The maximum absolute atomic E-state index is 13.0. The van der Waals surface area contributed by atoms with Crippen LogP contribution in [0.3, 0.4) is 0 Å². The van der Waals surface area contributed by atoms with Crippen molar-refractivity contribution in [1.82, 2.24) is 9.80 Å². The van der Waals surface area contributed by atoms with E-state index in [2.05, 4.69) is 28.3 Å². The van der Waals surface area contributed by atoms with Crippen molar-refractivity contribution in [1.29, 1.82) is 0 Å². The first-order valence-electron chi connectivity index (χ1n) is 8.91. The second-order valence-corrected chi connectivity index (χ2v) is 8.06. The van der Waals surface area contributed by atoms with Crippen LogP contribution >= 0.6 is 11.3 Å². The van der Waals surface area contributed by atoms with Gasteiger partial charge in [-0.25, -0.2) is 0 Å². The highest BCUT2D eigenvalue weighted by Gasteiger charge is 2.39. The van der Waals surface area contributed by atoms with Crippen molar-refractivity contribution in [2.75, 3.05) is 26.7 Å². The van der Waals surface area contributed by atoms with Crippen LogP contribution in [0.1, 0.15) is 48.6 Å². The third-order valence-electron chi connectivity index (χ3n) is 5.76. The van der Waals surface area contributed by atoms with Gasteiger partial charge in [0.15, 0.2) is 0 Å². The fraction of sp³-hybridized carbons (Fsp3) is 0.722. The lowest BCUT2D eigenvalue weighted by molar-refractivity contribution is -0.136. The van der Waals surface area contributed by atoms with Gasteiger partial charge in [-0.3, -0.25) is 4.79 Å². The fourth-order valence-corrected chi connectivity index (χ4v) is 5.58. The Morgan fingerprint density at radius 3 is 2.96 bits per heavy atom. The second-order valence-electron chi connectivity index (χ2n) is 7.11. The molecule has 0 N–H and O–H groups in total. The SMILES string of the molecule is CN1CCCC1C1CCCN1C(=O)CC1OCCc2ccsc21. The minimum atomic E-state index is -0.0196. The van der Waals surface area contributed by atoms with Gasteiger partial charge in [-0.15, -0.1) is 11.3 Å². The summed E-state index contributed by atoms with van der Waals surface area (Å²) in [7, 11) is 2.21. The molecular weight excluding hydrogens is 308 g/mol. The molecule has 23 heavy (non-hydrogen) atoms. The Labute approximate surface area is 142 Å². The number of carbonyl (C=O) groups excluding carboxylic acids is 1. The molecule has 0 aliphatic carbocycles. The maximum atomic E-state index is 13.0. The van der Waals surface area contributed by atoms with Gasteiger partial charge in [0.05, 0.1) is 13.0 Å². The third-order valence-corrected chi connectivity index (χ3v) is 6.82. The van der Waals surface area contributed by atoms with Gasteiger partial charge in [0.1, 0.15) is 6.10 Å². The quantitative estimate of drug-likeness (QED) is 0.852. The number of nitrogens with zero attached hydrogens (tertiary/aromatic N) is 2. The van der Waals surface area contributed by atoms with Crippen molar-refractivity contribution >= 4 is 17.2 Å². The number of thiophene rings is 1.